The number of piperidine rings is 1. The number of hydrogen-bond acceptors (Lipinski definition) is 5. The first-order valence-corrected chi connectivity index (χ1v) is 7.18. The van der Waals surface area contributed by atoms with Crippen LogP contribution in [0.25, 0.3) is 0 Å². The summed E-state index contributed by atoms with van der Waals surface area (Å²) < 4.78 is 0. The highest BCUT2D eigenvalue weighted by Crippen LogP contribution is 2.24. The van der Waals surface area contributed by atoms with Gasteiger partial charge in [0, 0.05) is 12.1 Å². The number of aromatic amines is 1. The molecule has 3 N–H and O–H groups in total. The second-order valence-corrected chi connectivity index (χ2v) is 5.66. The normalized spacial score (nSPS) is 24.2. The number of nitrogens with zero attached hydrogens (tertiary/aromatic N) is 3. The number of carbonyl (C=O) groups excluding carboxylic acids is 1. The summed E-state index contributed by atoms with van der Waals surface area (Å²) >= 11 is 1.32. The molecular formula is C11H19N5OS. The van der Waals surface area contributed by atoms with Crippen LogP contribution in [-0.2, 0) is 4.79 Å². The molecule has 6 nitrogen and oxygen atoms in total. The molecule has 1 aromatic heterocycles. The van der Waals surface area contributed by atoms with Crippen LogP contribution in [0, 0.1) is 0 Å². The van der Waals surface area contributed by atoms with E-state index in [1.54, 1.807) is 0 Å². The molecule has 1 aromatic rings. The van der Waals surface area contributed by atoms with Crippen LogP contribution < -0.4 is 5.73 Å². The van der Waals surface area contributed by atoms with E-state index >= 15 is 0 Å². The van der Waals surface area contributed by atoms with Crippen LogP contribution in [0.5, 0.6) is 0 Å². The van der Waals surface area contributed by atoms with Gasteiger partial charge in [-0.1, -0.05) is 11.8 Å². The van der Waals surface area contributed by atoms with Gasteiger partial charge < -0.3 is 10.6 Å². The Labute approximate surface area is 111 Å². The average Bonchev–Trinajstić information content (AvgIpc) is 2.72. The molecule has 0 unspecified atom stereocenters. The lowest BCUT2D eigenvalue weighted by Crippen LogP contribution is -2.48. The molecule has 0 aromatic carbocycles. The molecule has 1 amide bonds. The van der Waals surface area contributed by atoms with Gasteiger partial charge in [-0.25, -0.2) is 5.10 Å². The van der Waals surface area contributed by atoms with Crippen molar-refractivity contribution in [1.29, 1.82) is 0 Å². The smallest absolute Gasteiger partial charge is 0.233 e. The van der Waals surface area contributed by atoms with Gasteiger partial charge in [0.2, 0.25) is 17.0 Å². The first-order chi connectivity index (χ1) is 8.58. The SMILES string of the molecule is C[C@@H]1CCC[C@@H](C)N1C(=O)CSc1n[nH]c(N)n1. The molecule has 2 rings (SSSR count). The third kappa shape index (κ3) is 2.95. The summed E-state index contributed by atoms with van der Waals surface area (Å²) in [5.74, 6) is 0.805. The second kappa shape index (κ2) is 5.60. The van der Waals surface area contributed by atoms with Gasteiger partial charge >= 0.3 is 0 Å². The molecule has 0 spiro atoms. The van der Waals surface area contributed by atoms with Gasteiger partial charge in [0.25, 0.3) is 0 Å². The molecule has 1 aliphatic rings. The van der Waals surface area contributed by atoms with Gasteiger partial charge in [0.15, 0.2) is 0 Å². The minimum absolute atomic E-state index is 0.156. The van der Waals surface area contributed by atoms with Crippen LogP contribution >= 0.6 is 11.8 Å². The Balaban J connectivity index is 1.90. The standard InChI is InChI=1S/C11H19N5OS/c1-7-4-3-5-8(2)16(7)9(17)6-18-11-13-10(12)14-15-11/h7-8H,3-6H2,1-2H3,(H3,12,13,14,15)/t7-,8-/m1/s1. The summed E-state index contributed by atoms with van der Waals surface area (Å²) in [6.45, 7) is 4.23. The number of nitrogen functional groups attached to an aromatic ring is 1. The maximum Gasteiger partial charge on any atom is 0.233 e. The fraction of sp³-hybridized carbons (Fsp3) is 0.727. The summed E-state index contributed by atoms with van der Waals surface area (Å²) in [4.78, 5) is 18.2. The predicted octanol–water partition coefficient (Wildman–Crippen LogP) is 1.27. The molecule has 0 radical (unpaired) electrons. The van der Waals surface area contributed by atoms with Crippen LogP contribution in [0.4, 0.5) is 5.95 Å². The zero-order valence-corrected chi connectivity index (χ0v) is 11.5. The van der Waals surface area contributed by atoms with E-state index in [0.29, 0.717) is 23.0 Å². The number of aromatic nitrogens is 3. The Morgan fingerprint density at radius 3 is 2.72 bits per heavy atom. The number of nitrogens with one attached hydrogen (secondary N) is 1. The molecule has 2 atom stereocenters. The van der Waals surface area contributed by atoms with E-state index in [1.165, 1.54) is 18.2 Å². The average molecular weight is 269 g/mol. The van der Waals surface area contributed by atoms with Crippen molar-refractivity contribution in [1.82, 2.24) is 20.1 Å². The van der Waals surface area contributed by atoms with Gasteiger partial charge in [-0.05, 0) is 33.1 Å². The van der Waals surface area contributed by atoms with E-state index in [9.17, 15) is 4.79 Å². The summed E-state index contributed by atoms with van der Waals surface area (Å²) in [6, 6.07) is 0.665. The fourth-order valence-electron chi connectivity index (χ4n) is 2.44. The molecule has 7 heteroatoms. The minimum Gasteiger partial charge on any atom is -0.368 e. The van der Waals surface area contributed by atoms with Crippen molar-refractivity contribution < 1.29 is 4.79 Å². The van der Waals surface area contributed by atoms with Crippen LogP contribution in [0.3, 0.4) is 0 Å². The Bertz CT molecular complexity index is 411. The van der Waals surface area contributed by atoms with Crippen LogP contribution in [0.1, 0.15) is 33.1 Å². The Hall–Kier alpha value is -1.24. The summed E-state index contributed by atoms with van der Waals surface area (Å²) in [6.07, 6.45) is 3.39. The number of anilines is 1. The van der Waals surface area contributed by atoms with E-state index in [1.807, 2.05) is 4.90 Å². The predicted molar refractivity (Wildman–Crippen MR) is 71.1 cm³/mol. The van der Waals surface area contributed by atoms with Gasteiger partial charge in [0.1, 0.15) is 0 Å². The lowest BCUT2D eigenvalue weighted by atomic mass is 9.98. The third-order valence-corrected chi connectivity index (χ3v) is 4.12. The van der Waals surface area contributed by atoms with Crippen molar-refractivity contribution in [2.24, 2.45) is 0 Å². The monoisotopic (exact) mass is 269 g/mol. The Morgan fingerprint density at radius 1 is 1.50 bits per heavy atom. The third-order valence-electron chi connectivity index (χ3n) is 3.29. The number of hydrogen-bond donors (Lipinski definition) is 2. The summed E-state index contributed by atoms with van der Waals surface area (Å²) in [5.41, 5.74) is 5.43. The van der Waals surface area contributed by atoms with Crippen molar-refractivity contribution in [3.63, 3.8) is 0 Å². The van der Waals surface area contributed by atoms with E-state index in [2.05, 4.69) is 29.0 Å². The van der Waals surface area contributed by atoms with Crippen molar-refractivity contribution in [3.05, 3.63) is 0 Å². The lowest BCUT2D eigenvalue weighted by molar-refractivity contribution is -0.134. The Morgan fingerprint density at radius 2 is 2.17 bits per heavy atom. The van der Waals surface area contributed by atoms with E-state index in [0.717, 1.165) is 12.8 Å². The molecular weight excluding hydrogens is 250 g/mol. The number of rotatable bonds is 3. The van der Waals surface area contributed by atoms with Crippen LogP contribution in [0.2, 0.25) is 0 Å². The topological polar surface area (TPSA) is 87.9 Å². The van der Waals surface area contributed by atoms with Gasteiger partial charge in [-0.2, -0.15) is 4.98 Å². The zero-order chi connectivity index (χ0) is 13.1. The molecule has 0 bridgehead atoms. The van der Waals surface area contributed by atoms with Crippen molar-refractivity contribution in [2.45, 2.75) is 50.4 Å². The molecule has 1 saturated heterocycles. The van der Waals surface area contributed by atoms with E-state index in [4.69, 9.17) is 5.73 Å². The number of H-pyrrole nitrogens is 1. The summed E-state index contributed by atoms with van der Waals surface area (Å²) in [7, 11) is 0. The zero-order valence-electron chi connectivity index (χ0n) is 10.7. The first kappa shape index (κ1) is 13.2. The second-order valence-electron chi connectivity index (χ2n) is 4.72. The molecule has 2 heterocycles. The van der Waals surface area contributed by atoms with E-state index in [-0.39, 0.29) is 11.9 Å². The minimum atomic E-state index is 0.156. The van der Waals surface area contributed by atoms with Gasteiger partial charge in [-0.15, -0.1) is 5.10 Å². The molecule has 1 fully saturated rings. The maximum absolute atomic E-state index is 12.2. The van der Waals surface area contributed by atoms with Gasteiger partial charge in [0.05, 0.1) is 5.75 Å². The van der Waals surface area contributed by atoms with Crippen LogP contribution in [-0.4, -0.2) is 43.8 Å². The highest BCUT2D eigenvalue weighted by atomic mass is 32.2. The molecule has 100 valence electrons. The largest absolute Gasteiger partial charge is 0.368 e. The lowest BCUT2D eigenvalue weighted by Gasteiger charge is -2.39. The highest BCUT2D eigenvalue weighted by molar-refractivity contribution is 7.99. The number of nitrogens with two attached hydrogens (primary N) is 1. The van der Waals surface area contributed by atoms with Gasteiger partial charge in [-0.3, -0.25) is 4.79 Å². The Kier molecular flexibility index (Phi) is 4.11. The molecule has 1 aliphatic heterocycles. The maximum atomic E-state index is 12.2. The number of carbonyl (C=O) groups is 1. The highest BCUT2D eigenvalue weighted by Gasteiger charge is 2.28. The number of likely N-dealkylation sites (tertiary alicyclic amines) is 1. The molecule has 0 aliphatic carbocycles. The number of thioether (sulfide) groups is 1. The quantitative estimate of drug-likeness (QED) is 0.807. The van der Waals surface area contributed by atoms with Crippen molar-refractivity contribution >= 4 is 23.6 Å². The van der Waals surface area contributed by atoms with Crippen LogP contribution in [0.15, 0.2) is 5.16 Å². The molecule has 0 saturated carbocycles. The van der Waals surface area contributed by atoms with Crippen molar-refractivity contribution in [3.8, 4) is 0 Å². The first-order valence-electron chi connectivity index (χ1n) is 6.19. The summed E-state index contributed by atoms with van der Waals surface area (Å²) in [5, 5.41) is 6.99. The molecule has 18 heavy (non-hydrogen) atoms. The van der Waals surface area contributed by atoms with Crippen molar-refractivity contribution in [2.75, 3.05) is 11.5 Å². The number of amides is 1. The van der Waals surface area contributed by atoms with E-state index < -0.39 is 0 Å². The fourth-order valence-corrected chi connectivity index (χ4v) is 3.11.